The van der Waals surface area contributed by atoms with Crippen LogP contribution in [0.4, 0.5) is 0 Å². The molecule has 0 aromatic heterocycles. The molecule has 1 aliphatic rings. The van der Waals surface area contributed by atoms with Crippen molar-refractivity contribution in [1.82, 2.24) is 5.32 Å². The van der Waals surface area contributed by atoms with E-state index in [0.29, 0.717) is 19.3 Å². The highest BCUT2D eigenvalue weighted by Gasteiger charge is 2.44. The molecule has 348 valence electrons. The van der Waals surface area contributed by atoms with E-state index in [4.69, 9.17) is 9.47 Å². The van der Waals surface area contributed by atoms with Gasteiger partial charge in [0.05, 0.1) is 25.4 Å². The number of allylic oxidation sites excluding steroid dienone is 4. The van der Waals surface area contributed by atoms with Crippen molar-refractivity contribution in [2.24, 2.45) is 0 Å². The monoisotopic (exact) mass is 842 g/mol. The fourth-order valence-corrected chi connectivity index (χ4v) is 7.66. The molecule has 1 amide bonds. The van der Waals surface area contributed by atoms with Gasteiger partial charge in [-0.05, 0) is 64.2 Å². The van der Waals surface area contributed by atoms with E-state index in [1.165, 1.54) is 103 Å². The number of carbonyl (C=O) groups is 1. The van der Waals surface area contributed by atoms with Crippen molar-refractivity contribution in [1.29, 1.82) is 0 Å². The predicted octanol–water partition coefficient (Wildman–Crippen LogP) is 8.23. The molecule has 0 aromatic rings. The molecule has 11 nitrogen and oxygen atoms in total. The van der Waals surface area contributed by atoms with Crippen LogP contribution in [-0.4, -0.2) is 110 Å². The normalized spacial score (nSPS) is 21.9. The summed E-state index contributed by atoms with van der Waals surface area (Å²) in [5.74, 6) is -0.701. The van der Waals surface area contributed by atoms with E-state index in [9.17, 15) is 40.5 Å². The third-order valence-electron chi connectivity index (χ3n) is 11.7. The van der Waals surface area contributed by atoms with Crippen LogP contribution in [0.15, 0.2) is 24.3 Å². The molecule has 1 saturated heterocycles. The van der Waals surface area contributed by atoms with Gasteiger partial charge < -0.3 is 50.5 Å². The van der Waals surface area contributed by atoms with Crippen molar-refractivity contribution in [2.75, 3.05) is 13.2 Å². The lowest BCUT2D eigenvalue weighted by atomic mass is 9.98. The Labute approximate surface area is 359 Å². The minimum absolute atomic E-state index is 0.257. The summed E-state index contributed by atoms with van der Waals surface area (Å²) in [4.78, 5) is 13.1. The van der Waals surface area contributed by atoms with Crippen LogP contribution in [0.5, 0.6) is 0 Å². The summed E-state index contributed by atoms with van der Waals surface area (Å²) in [7, 11) is 0. The summed E-state index contributed by atoms with van der Waals surface area (Å²) in [6.45, 7) is 3.41. The van der Waals surface area contributed by atoms with Crippen LogP contribution in [0.2, 0.25) is 0 Å². The lowest BCUT2D eigenvalue weighted by Crippen LogP contribution is -2.60. The smallest absolute Gasteiger partial charge is 0.249 e. The molecule has 9 atom stereocenters. The average molecular weight is 842 g/mol. The number of amides is 1. The Kier molecular flexibility index (Phi) is 36.1. The van der Waals surface area contributed by atoms with E-state index in [0.717, 1.165) is 64.2 Å². The summed E-state index contributed by atoms with van der Waals surface area (Å²) in [5, 5.41) is 75.7. The SMILES string of the molecule is CCCCCC/C=C\CCCCCCCCCCCC[C@@H](O)C(=O)N[C@@H](CO[C@@H]1O[C@H](CO)[C@@H](O)[C@H](O)[C@H]1O)[C@H](O)[C@H](O)CCCCCCCC/C=C\CCCCCC. The summed E-state index contributed by atoms with van der Waals surface area (Å²) >= 11 is 0. The molecule has 1 rings (SSSR count). The molecule has 0 radical (unpaired) electrons. The van der Waals surface area contributed by atoms with Crippen LogP contribution in [-0.2, 0) is 14.3 Å². The molecule has 0 aliphatic carbocycles. The number of carbonyl (C=O) groups excluding carboxylic acids is 1. The van der Waals surface area contributed by atoms with Crippen molar-refractivity contribution in [2.45, 2.75) is 262 Å². The Balaban J connectivity index is 2.43. The number of nitrogens with one attached hydrogen (secondary N) is 1. The van der Waals surface area contributed by atoms with E-state index in [-0.39, 0.29) is 6.42 Å². The van der Waals surface area contributed by atoms with Crippen LogP contribution in [0.1, 0.15) is 206 Å². The quantitative estimate of drug-likeness (QED) is 0.0221. The van der Waals surface area contributed by atoms with Crippen LogP contribution in [0, 0.1) is 0 Å². The van der Waals surface area contributed by atoms with Gasteiger partial charge in [0.25, 0.3) is 0 Å². The Morgan fingerprint density at radius 2 is 0.983 bits per heavy atom. The average Bonchev–Trinajstić information content (AvgIpc) is 3.23. The van der Waals surface area contributed by atoms with E-state index in [1.54, 1.807) is 0 Å². The molecule has 0 saturated carbocycles. The molecule has 1 fully saturated rings. The van der Waals surface area contributed by atoms with E-state index < -0.39 is 74.2 Å². The molecule has 0 unspecified atom stereocenters. The molecule has 0 spiro atoms. The molecule has 0 bridgehead atoms. The third-order valence-corrected chi connectivity index (χ3v) is 11.7. The van der Waals surface area contributed by atoms with Crippen molar-refractivity contribution in [3.05, 3.63) is 24.3 Å². The maximum atomic E-state index is 13.1. The molecule has 59 heavy (non-hydrogen) atoms. The molecule has 11 heteroatoms. The standard InChI is InChI=1S/C48H91NO10/c1-3-5-7-9-11-13-15-17-19-20-21-22-24-26-28-30-32-34-36-41(52)47(57)49-39(38-58-48-46(56)45(55)44(54)42(37-50)59-48)43(53)40(51)35-33-31-29-27-25-23-18-16-14-12-10-8-6-4-2/h13-16,39-46,48,50-56H,3-12,17-38H2,1-2H3,(H,49,57)/b15-13-,16-14-/t39-,40+,41+,42+,43-,44+,45-,46+,48+/m0/s1. The van der Waals surface area contributed by atoms with Crippen LogP contribution in [0.3, 0.4) is 0 Å². The third kappa shape index (κ3) is 28.0. The largest absolute Gasteiger partial charge is 0.394 e. The second kappa shape index (κ2) is 38.3. The van der Waals surface area contributed by atoms with Gasteiger partial charge in [0.2, 0.25) is 5.91 Å². The van der Waals surface area contributed by atoms with E-state index in [1.807, 2.05) is 0 Å². The minimum Gasteiger partial charge on any atom is -0.394 e. The van der Waals surface area contributed by atoms with Gasteiger partial charge >= 0.3 is 0 Å². The number of aliphatic hydroxyl groups excluding tert-OH is 7. The van der Waals surface area contributed by atoms with Gasteiger partial charge in [-0.25, -0.2) is 0 Å². The molecule has 0 aromatic carbocycles. The van der Waals surface area contributed by atoms with Crippen LogP contribution in [0.25, 0.3) is 0 Å². The van der Waals surface area contributed by atoms with Crippen molar-refractivity contribution in [3.8, 4) is 0 Å². The van der Waals surface area contributed by atoms with Crippen LogP contribution >= 0.6 is 0 Å². The summed E-state index contributed by atoms with van der Waals surface area (Å²) in [5.41, 5.74) is 0. The molecule has 1 heterocycles. The van der Waals surface area contributed by atoms with Gasteiger partial charge in [0.15, 0.2) is 6.29 Å². The first-order chi connectivity index (χ1) is 28.7. The zero-order chi connectivity index (χ0) is 43.4. The first-order valence-corrected chi connectivity index (χ1v) is 24.2. The fraction of sp³-hybridized carbons (Fsp3) is 0.896. The summed E-state index contributed by atoms with van der Waals surface area (Å²) < 4.78 is 11.1. The topological polar surface area (TPSA) is 189 Å². The Bertz CT molecular complexity index is 1010. The van der Waals surface area contributed by atoms with Crippen molar-refractivity contribution >= 4 is 5.91 Å². The Morgan fingerprint density at radius 3 is 1.42 bits per heavy atom. The van der Waals surface area contributed by atoms with Crippen molar-refractivity contribution < 1.29 is 50.0 Å². The van der Waals surface area contributed by atoms with Gasteiger partial charge in [-0.15, -0.1) is 0 Å². The first kappa shape index (κ1) is 55.6. The zero-order valence-electron chi connectivity index (χ0n) is 37.5. The molecule has 1 aliphatic heterocycles. The number of rotatable bonds is 40. The number of unbranched alkanes of at least 4 members (excludes halogenated alkanes) is 24. The first-order valence-electron chi connectivity index (χ1n) is 24.2. The lowest BCUT2D eigenvalue weighted by molar-refractivity contribution is -0.303. The molecular weight excluding hydrogens is 751 g/mol. The highest BCUT2D eigenvalue weighted by molar-refractivity contribution is 5.80. The predicted molar refractivity (Wildman–Crippen MR) is 238 cm³/mol. The number of ether oxygens (including phenoxy) is 2. The number of hydrogen-bond acceptors (Lipinski definition) is 10. The van der Waals surface area contributed by atoms with Gasteiger partial charge in [-0.3, -0.25) is 4.79 Å². The highest BCUT2D eigenvalue weighted by Crippen LogP contribution is 2.23. The van der Waals surface area contributed by atoms with E-state index >= 15 is 0 Å². The Hall–Kier alpha value is -1.41. The van der Waals surface area contributed by atoms with E-state index in [2.05, 4.69) is 43.5 Å². The maximum absolute atomic E-state index is 13.1. The lowest BCUT2D eigenvalue weighted by Gasteiger charge is -2.40. The van der Waals surface area contributed by atoms with Gasteiger partial charge in [-0.2, -0.15) is 0 Å². The number of hydrogen-bond donors (Lipinski definition) is 8. The number of aliphatic hydroxyl groups is 7. The summed E-state index contributed by atoms with van der Waals surface area (Å²) in [6.07, 6.45) is 30.7. The van der Waals surface area contributed by atoms with Crippen LogP contribution < -0.4 is 5.32 Å². The summed E-state index contributed by atoms with van der Waals surface area (Å²) in [6, 6.07) is -1.17. The Morgan fingerprint density at radius 1 is 0.576 bits per heavy atom. The van der Waals surface area contributed by atoms with Gasteiger partial charge in [-0.1, -0.05) is 167 Å². The molecule has 8 N–H and O–H groups in total. The highest BCUT2D eigenvalue weighted by atomic mass is 16.7. The minimum atomic E-state index is -1.66. The maximum Gasteiger partial charge on any atom is 0.249 e. The van der Waals surface area contributed by atoms with Gasteiger partial charge in [0.1, 0.15) is 36.6 Å². The second-order valence-electron chi connectivity index (χ2n) is 17.2. The fourth-order valence-electron chi connectivity index (χ4n) is 7.66. The zero-order valence-corrected chi connectivity index (χ0v) is 37.5. The molecular formula is C48H91NO10. The van der Waals surface area contributed by atoms with Gasteiger partial charge in [0, 0.05) is 0 Å². The van der Waals surface area contributed by atoms with Crippen molar-refractivity contribution in [3.63, 3.8) is 0 Å². The second-order valence-corrected chi connectivity index (χ2v) is 17.2.